The van der Waals surface area contributed by atoms with E-state index in [0.717, 1.165) is 22.3 Å². The van der Waals surface area contributed by atoms with Crippen molar-refractivity contribution in [3.63, 3.8) is 0 Å². The Morgan fingerprint density at radius 1 is 0.708 bits per heavy atom. The molecule has 256 valence electrons. The van der Waals surface area contributed by atoms with E-state index >= 15 is 8.78 Å². The number of carbonyl (C=O) groups excluding carboxylic acids is 2. The summed E-state index contributed by atoms with van der Waals surface area (Å²) in [6.45, 7) is 16.5. The molecule has 3 heterocycles. The van der Waals surface area contributed by atoms with Crippen LogP contribution in [0.15, 0.2) is 48.6 Å². The standard InChI is InChI=1S/C37H45F2N5O4/c1-23(2)44-32(28-11-9-26(21-30(28)38)24-13-17-42(18-14-24)34(45)47-36(3,4)5)40-41-33(44)29-12-10-27(22-31(29)39)25-15-19-43(20-16-25)35(46)48-37(6,7)8/h9-13,15,21-23H,14,16-20H2,1-8H3. The highest BCUT2D eigenvalue weighted by Gasteiger charge is 2.27. The molecule has 5 rings (SSSR count). The first-order valence-electron chi connectivity index (χ1n) is 16.4. The van der Waals surface area contributed by atoms with E-state index in [2.05, 4.69) is 10.2 Å². The zero-order chi connectivity index (χ0) is 35.0. The van der Waals surface area contributed by atoms with Crippen LogP contribution in [0.25, 0.3) is 33.9 Å². The Morgan fingerprint density at radius 3 is 1.40 bits per heavy atom. The number of nitrogens with zero attached hydrogens (tertiary/aromatic N) is 5. The van der Waals surface area contributed by atoms with Gasteiger partial charge in [-0.25, -0.2) is 18.4 Å². The molecule has 48 heavy (non-hydrogen) atoms. The van der Waals surface area contributed by atoms with Gasteiger partial charge < -0.3 is 23.8 Å². The van der Waals surface area contributed by atoms with Crippen molar-refractivity contribution in [1.82, 2.24) is 24.6 Å². The third kappa shape index (κ3) is 7.94. The zero-order valence-electron chi connectivity index (χ0n) is 29.1. The molecule has 0 fully saturated rings. The van der Waals surface area contributed by atoms with E-state index in [0.29, 0.717) is 50.7 Å². The molecule has 0 radical (unpaired) electrons. The molecule has 2 aliphatic heterocycles. The fraction of sp³-hybridized carbons (Fsp3) is 0.459. The Morgan fingerprint density at radius 2 is 1.10 bits per heavy atom. The Kier molecular flexibility index (Phi) is 9.80. The van der Waals surface area contributed by atoms with Gasteiger partial charge in [0.15, 0.2) is 11.6 Å². The normalized spacial score (nSPS) is 15.7. The number of amides is 2. The zero-order valence-corrected chi connectivity index (χ0v) is 29.1. The molecule has 0 saturated carbocycles. The first kappa shape index (κ1) is 34.8. The van der Waals surface area contributed by atoms with E-state index in [4.69, 9.17) is 9.47 Å². The molecule has 2 aromatic carbocycles. The van der Waals surface area contributed by atoms with E-state index in [-0.39, 0.29) is 29.4 Å². The first-order valence-corrected chi connectivity index (χ1v) is 16.4. The summed E-state index contributed by atoms with van der Waals surface area (Å²) in [5, 5.41) is 8.64. The average molecular weight is 662 g/mol. The summed E-state index contributed by atoms with van der Waals surface area (Å²) in [7, 11) is 0. The fourth-order valence-electron chi connectivity index (χ4n) is 5.79. The quantitative estimate of drug-likeness (QED) is 0.272. The first-order chi connectivity index (χ1) is 22.5. The van der Waals surface area contributed by atoms with Gasteiger partial charge in [0, 0.05) is 32.2 Å². The van der Waals surface area contributed by atoms with Crippen molar-refractivity contribution in [1.29, 1.82) is 0 Å². The summed E-state index contributed by atoms with van der Waals surface area (Å²) >= 11 is 0. The molecule has 2 aliphatic rings. The summed E-state index contributed by atoms with van der Waals surface area (Å²) in [5.74, 6) is -0.328. The second-order valence-corrected chi connectivity index (χ2v) is 14.5. The number of hydrogen-bond donors (Lipinski definition) is 0. The third-order valence-electron chi connectivity index (χ3n) is 8.10. The smallest absolute Gasteiger partial charge is 0.410 e. The molecule has 3 aromatic rings. The van der Waals surface area contributed by atoms with E-state index in [1.165, 1.54) is 12.1 Å². The largest absolute Gasteiger partial charge is 0.444 e. The topological polar surface area (TPSA) is 89.8 Å². The van der Waals surface area contributed by atoms with Crippen LogP contribution < -0.4 is 0 Å². The number of rotatable bonds is 5. The number of aromatic nitrogens is 3. The highest BCUT2D eigenvalue weighted by atomic mass is 19.1. The Labute approximate surface area is 281 Å². The lowest BCUT2D eigenvalue weighted by atomic mass is 9.97. The molecular weight excluding hydrogens is 616 g/mol. The SMILES string of the molecule is CC(C)n1c(-c2ccc(C3=CCN(C(=O)OC(C)(C)C)CC3)cc2F)nnc1-c1ccc(C2=CCN(C(=O)OC(C)(C)C)CC2)cc1F. The molecular formula is C37H45F2N5O4. The summed E-state index contributed by atoms with van der Waals surface area (Å²) < 4.78 is 44.1. The van der Waals surface area contributed by atoms with E-state index < -0.39 is 22.8 Å². The van der Waals surface area contributed by atoms with Gasteiger partial charge in [-0.2, -0.15) is 0 Å². The molecule has 0 unspecified atom stereocenters. The van der Waals surface area contributed by atoms with Crippen LogP contribution in [0.3, 0.4) is 0 Å². The second kappa shape index (κ2) is 13.5. The van der Waals surface area contributed by atoms with Gasteiger partial charge in [0.25, 0.3) is 0 Å². The van der Waals surface area contributed by atoms with E-state index in [1.54, 1.807) is 26.5 Å². The predicted molar refractivity (Wildman–Crippen MR) is 182 cm³/mol. The number of ether oxygens (including phenoxy) is 2. The second-order valence-electron chi connectivity index (χ2n) is 14.5. The molecule has 0 bridgehead atoms. The fourth-order valence-corrected chi connectivity index (χ4v) is 5.79. The van der Waals surface area contributed by atoms with Gasteiger partial charge in [-0.3, -0.25) is 0 Å². The van der Waals surface area contributed by atoms with Gasteiger partial charge in [0.1, 0.15) is 22.8 Å². The van der Waals surface area contributed by atoms with Crippen LogP contribution in [-0.2, 0) is 9.47 Å². The molecule has 9 nitrogen and oxygen atoms in total. The van der Waals surface area contributed by atoms with Crippen molar-refractivity contribution in [2.24, 2.45) is 0 Å². The lowest BCUT2D eigenvalue weighted by molar-refractivity contribution is 0.0260. The molecule has 0 N–H and O–H groups in total. The van der Waals surface area contributed by atoms with Crippen molar-refractivity contribution in [2.75, 3.05) is 26.2 Å². The summed E-state index contributed by atoms with van der Waals surface area (Å²) in [6.07, 6.45) is 4.24. The van der Waals surface area contributed by atoms with Crippen LogP contribution in [0.1, 0.15) is 85.4 Å². The maximum atomic E-state index is 15.7. The van der Waals surface area contributed by atoms with Gasteiger partial charge in [0.2, 0.25) is 0 Å². The van der Waals surface area contributed by atoms with Crippen molar-refractivity contribution >= 4 is 23.3 Å². The minimum absolute atomic E-state index is 0.192. The van der Waals surface area contributed by atoms with Crippen molar-refractivity contribution in [3.8, 4) is 22.8 Å². The highest BCUT2D eigenvalue weighted by Crippen LogP contribution is 2.34. The summed E-state index contributed by atoms with van der Waals surface area (Å²) in [5.41, 5.74) is 2.71. The van der Waals surface area contributed by atoms with Gasteiger partial charge >= 0.3 is 12.2 Å². The molecule has 0 aliphatic carbocycles. The average Bonchev–Trinajstić information content (AvgIpc) is 3.44. The Bertz CT molecular complexity index is 1640. The lowest BCUT2D eigenvalue weighted by Gasteiger charge is -2.29. The van der Waals surface area contributed by atoms with E-state index in [1.807, 2.05) is 79.7 Å². The van der Waals surface area contributed by atoms with Crippen molar-refractivity contribution in [3.05, 3.63) is 71.3 Å². The third-order valence-corrected chi connectivity index (χ3v) is 8.10. The molecule has 1 aromatic heterocycles. The summed E-state index contributed by atoms with van der Waals surface area (Å²) in [6, 6.07) is 9.78. The van der Waals surface area contributed by atoms with Gasteiger partial charge in [-0.05, 0) is 115 Å². The highest BCUT2D eigenvalue weighted by molar-refractivity contribution is 5.76. The minimum atomic E-state index is -0.576. The number of benzene rings is 2. The van der Waals surface area contributed by atoms with Gasteiger partial charge in [-0.1, -0.05) is 24.3 Å². The van der Waals surface area contributed by atoms with Crippen LogP contribution in [0.2, 0.25) is 0 Å². The molecule has 2 amide bonds. The molecule has 0 spiro atoms. The van der Waals surface area contributed by atoms with Gasteiger partial charge in [-0.15, -0.1) is 10.2 Å². The van der Waals surface area contributed by atoms with Crippen LogP contribution in [-0.4, -0.2) is 74.1 Å². The maximum Gasteiger partial charge on any atom is 0.410 e. The van der Waals surface area contributed by atoms with Crippen LogP contribution in [0, 0.1) is 11.6 Å². The maximum absolute atomic E-state index is 15.7. The van der Waals surface area contributed by atoms with Crippen molar-refractivity contribution < 1.29 is 27.8 Å². The van der Waals surface area contributed by atoms with Crippen LogP contribution in [0.5, 0.6) is 0 Å². The molecule has 0 saturated heterocycles. The van der Waals surface area contributed by atoms with Crippen LogP contribution in [0.4, 0.5) is 18.4 Å². The minimum Gasteiger partial charge on any atom is -0.444 e. The van der Waals surface area contributed by atoms with Crippen LogP contribution >= 0.6 is 0 Å². The lowest BCUT2D eigenvalue weighted by Crippen LogP contribution is -2.39. The molecule has 0 atom stereocenters. The van der Waals surface area contributed by atoms with E-state index in [9.17, 15) is 9.59 Å². The number of halogens is 2. The number of carbonyl (C=O) groups is 2. The van der Waals surface area contributed by atoms with Crippen molar-refractivity contribution in [2.45, 2.75) is 85.5 Å². The Balaban J connectivity index is 1.34. The molecule has 11 heteroatoms. The predicted octanol–water partition coefficient (Wildman–Crippen LogP) is 8.52. The Hall–Kier alpha value is -4.54. The van der Waals surface area contributed by atoms with Gasteiger partial charge in [0.05, 0.1) is 11.1 Å². The summed E-state index contributed by atoms with van der Waals surface area (Å²) in [4.78, 5) is 28.1. The number of hydrogen-bond acceptors (Lipinski definition) is 6. The monoisotopic (exact) mass is 661 g/mol.